The van der Waals surface area contributed by atoms with Gasteiger partial charge in [-0.25, -0.2) is 0 Å². The summed E-state index contributed by atoms with van der Waals surface area (Å²) in [7, 11) is 4.01. The molecule has 0 radical (unpaired) electrons. The Morgan fingerprint density at radius 3 is 2.79 bits per heavy atom. The monoisotopic (exact) mass is 197 g/mol. The lowest BCUT2D eigenvalue weighted by molar-refractivity contribution is -0.136. The standard InChI is InChI=1S/C10H19N3O/c1-12(2)7-9-10(14)13(6-5-11-9)8-3-4-8/h8-9,11H,3-7H2,1-2H3. The van der Waals surface area contributed by atoms with Crippen molar-refractivity contribution in [1.29, 1.82) is 0 Å². The van der Waals surface area contributed by atoms with Crippen LogP contribution in [-0.2, 0) is 4.79 Å². The minimum absolute atomic E-state index is 0.0133. The molecule has 1 N–H and O–H groups in total. The Hall–Kier alpha value is -0.610. The number of likely N-dealkylation sites (N-methyl/N-ethyl adjacent to an activating group) is 1. The molecule has 1 amide bonds. The van der Waals surface area contributed by atoms with Gasteiger partial charge in [-0.15, -0.1) is 0 Å². The van der Waals surface area contributed by atoms with Gasteiger partial charge >= 0.3 is 0 Å². The fourth-order valence-electron chi connectivity index (χ4n) is 2.01. The van der Waals surface area contributed by atoms with Gasteiger partial charge in [0.15, 0.2) is 0 Å². The van der Waals surface area contributed by atoms with E-state index in [4.69, 9.17) is 0 Å². The molecule has 1 heterocycles. The highest BCUT2D eigenvalue weighted by Crippen LogP contribution is 2.27. The summed E-state index contributed by atoms with van der Waals surface area (Å²) in [4.78, 5) is 16.1. The largest absolute Gasteiger partial charge is 0.337 e. The maximum absolute atomic E-state index is 12.0. The summed E-state index contributed by atoms with van der Waals surface area (Å²) in [6.07, 6.45) is 2.42. The van der Waals surface area contributed by atoms with Gasteiger partial charge in [0.25, 0.3) is 0 Å². The third-order valence-electron chi connectivity index (χ3n) is 2.86. The molecule has 1 aliphatic carbocycles. The molecule has 0 aromatic heterocycles. The van der Waals surface area contributed by atoms with Crippen LogP contribution in [0.5, 0.6) is 0 Å². The number of carbonyl (C=O) groups excluding carboxylic acids is 1. The Morgan fingerprint density at radius 1 is 1.50 bits per heavy atom. The van der Waals surface area contributed by atoms with Gasteiger partial charge in [0.2, 0.25) is 5.91 Å². The van der Waals surface area contributed by atoms with E-state index in [2.05, 4.69) is 15.1 Å². The third-order valence-corrected chi connectivity index (χ3v) is 2.86. The summed E-state index contributed by atoms with van der Waals surface area (Å²) in [6, 6.07) is 0.577. The molecule has 1 unspecified atom stereocenters. The molecule has 14 heavy (non-hydrogen) atoms. The van der Waals surface area contributed by atoms with Crippen LogP contribution in [0.25, 0.3) is 0 Å². The second-order valence-corrected chi connectivity index (χ2v) is 4.53. The van der Waals surface area contributed by atoms with Crippen molar-refractivity contribution in [3.8, 4) is 0 Å². The predicted molar refractivity (Wildman–Crippen MR) is 55.1 cm³/mol. The normalized spacial score (nSPS) is 28.6. The molecule has 1 saturated carbocycles. The van der Waals surface area contributed by atoms with Crippen molar-refractivity contribution in [3.05, 3.63) is 0 Å². The molecule has 4 nitrogen and oxygen atoms in total. The number of nitrogens with one attached hydrogen (secondary N) is 1. The van der Waals surface area contributed by atoms with E-state index >= 15 is 0 Å². The molecular formula is C10H19N3O. The highest BCUT2D eigenvalue weighted by atomic mass is 16.2. The van der Waals surface area contributed by atoms with Gasteiger partial charge in [0.1, 0.15) is 0 Å². The van der Waals surface area contributed by atoms with E-state index in [0.717, 1.165) is 19.6 Å². The van der Waals surface area contributed by atoms with E-state index in [1.54, 1.807) is 0 Å². The Kier molecular flexibility index (Phi) is 2.74. The number of nitrogens with zero attached hydrogens (tertiary/aromatic N) is 2. The Labute approximate surface area is 85.2 Å². The molecule has 0 aromatic rings. The average molecular weight is 197 g/mol. The van der Waals surface area contributed by atoms with Crippen molar-refractivity contribution in [3.63, 3.8) is 0 Å². The minimum Gasteiger partial charge on any atom is -0.337 e. The summed E-state index contributed by atoms with van der Waals surface area (Å²) in [5, 5.41) is 3.28. The fourth-order valence-corrected chi connectivity index (χ4v) is 2.01. The molecule has 0 bridgehead atoms. The zero-order valence-corrected chi connectivity index (χ0v) is 8.99. The van der Waals surface area contributed by atoms with Crippen LogP contribution >= 0.6 is 0 Å². The third kappa shape index (κ3) is 2.07. The summed E-state index contributed by atoms with van der Waals surface area (Å²) in [5.74, 6) is 0.299. The summed E-state index contributed by atoms with van der Waals surface area (Å²) < 4.78 is 0. The van der Waals surface area contributed by atoms with Crippen LogP contribution in [0.15, 0.2) is 0 Å². The number of hydrogen-bond donors (Lipinski definition) is 1. The first-order chi connectivity index (χ1) is 6.68. The molecule has 2 aliphatic rings. The van der Waals surface area contributed by atoms with E-state index in [9.17, 15) is 4.79 Å². The molecule has 2 rings (SSSR count). The number of carbonyl (C=O) groups is 1. The molecular weight excluding hydrogens is 178 g/mol. The SMILES string of the molecule is CN(C)CC1NCCN(C2CC2)C1=O. The second-order valence-electron chi connectivity index (χ2n) is 4.53. The molecule has 80 valence electrons. The lowest BCUT2D eigenvalue weighted by atomic mass is 10.2. The Morgan fingerprint density at radius 2 is 2.21 bits per heavy atom. The van der Waals surface area contributed by atoms with Gasteiger partial charge in [-0.2, -0.15) is 0 Å². The summed E-state index contributed by atoms with van der Waals surface area (Å²) in [6.45, 7) is 2.65. The fraction of sp³-hybridized carbons (Fsp3) is 0.900. The van der Waals surface area contributed by atoms with Crippen LogP contribution in [-0.4, -0.2) is 61.5 Å². The molecule has 2 fully saturated rings. The van der Waals surface area contributed by atoms with E-state index in [-0.39, 0.29) is 6.04 Å². The van der Waals surface area contributed by atoms with Gasteiger partial charge in [-0.3, -0.25) is 4.79 Å². The van der Waals surface area contributed by atoms with E-state index in [1.165, 1.54) is 12.8 Å². The van der Waals surface area contributed by atoms with Gasteiger partial charge in [0, 0.05) is 25.7 Å². The van der Waals surface area contributed by atoms with Gasteiger partial charge in [0.05, 0.1) is 6.04 Å². The number of rotatable bonds is 3. The highest BCUT2D eigenvalue weighted by Gasteiger charge is 2.37. The molecule has 0 spiro atoms. The molecule has 1 aliphatic heterocycles. The van der Waals surface area contributed by atoms with Crippen LogP contribution in [0, 0.1) is 0 Å². The van der Waals surface area contributed by atoms with Crippen molar-refractivity contribution in [2.45, 2.75) is 24.9 Å². The van der Waals surface area contributed by atoms with Crippen molar-refractivity contribution in [1.82, 2.24) is 15.1 Å². The number of piperazine rings is 1. The molecule has 0 aromatic carbocycles. The minimum atomic E-state index is 0.0133. The van der Waals surface area contributed by atoms with E-state index in [1.807, 2.05) is 14.1 Å². The first kappa shape index (κ1) is 9.93. The lowest BCUT2D eigenvalue weighted by Crippen LogP contribution is -2.58. The quantitative estimate of drug-likeness (QED) is 0.663. The predicted octanol–water partition coefficient (Wildman–Crippen LogP) is -0.489. The van der Waals surface area contributed by atoms with E-state index in [0.29, 0.717) is 11.9 Å². The zero-order chi connectivity index (χ0) is 10.1. The Balaban J connectivity index is 1.93. The van der Waals surface area contributed by atoms with Crippen LogP contribution < -0.4 is 5.32 Å². The first-order valence-corrected chi connectivity index (χ1v) is 5.37. The maximum atomic E-state index is 12.0. The lowest BCUT2D eigenvalue weighted by Gasteiger charge is -2.34. The average Bonchev–Trinajstić information content (AvgIpc) is 2.91. The van der Waals surface area contributed by atoms with E-state index < -0.39 is 0 Å². The van der Waals surface area contributed by atoms with Gasteiger partial charge in [-0.1, -0.05) is 0 Å². The molecule has 1 saturated heterocycles. The topological polar surface area (TPSA) is 35.6 Å². The highest BCUT2D eigenvalue weighted by molar-refractivity contribution is 5.83. The van der Waals surface area contributed by atoms with Crippen molar-refractivity contribution in [2.75, 3.05) is 33.7 Å². The summed E-state index contributed by atoms with van der Waals surface area (Å²) >= 11 is 0. The van der Waals surface area contributed by atoms with Gasteiger partial charge in [-0.05, 0) is 26.9 Å². The van der Waals surface area contributed by atoms with Crippen LogP contribution in [0.1, 0.15) is 12.8 Å². The second kappa shape index (κ2) is 3.87. The number of amides is 1. The zero-order valence-electron chi connectivity index (χ0n) is 8.99. The van der Waals surface area contributed by atoms with Crippen LogP contribution in [0.2, 0.25) is 0 Å². The Bertz CT molecular complexity index is 225. The number of hydrogen-bond acceptors (Lipinski definition) is 3. The summed E-state index contributed by atoms with van der Waals surface area (Å²) in [5.41, 5.74) is 0. The molecule has 1 atom stereocenters. The van der Waals surface area contributed by atoms with Crippen LogP contribution in [0.4, 0.5) is 0 Å². The maximum Gasteiger partial charge on any atom is 0.241 e. The van der Waals surface area contributed by atoms with Crippen LogP contribution in [0.3, 0.4) is 0 Å². The first-order valence-electron chi connectivity index (χ1n) is 5.37. The van der Waals surface area contributed by atoms with Crippen molar-refractivity contribution in [2.24, 2.45) is 0 Å². The molecule has 4 heteroatoms. The van der Waals surface area contributed by atoms with Gasteiger partial charge < -0.3 is 15.1 Å². The smallest absolute Gasteiger partial charge is 0.241 e. The van der Waals surface area contributed by atoms with Crippen molar-refractivity contribution < 1.29 is 4.79 Å². The van der Waals surface area contributed by atoms with Crippen molar-refractivity contribution >= 4 is 5.91 Å².